The summed E-state index contributed by atoms with van der Waals surface area (Å²) in [6.45, 7) is 2.05. The number of hydrogen-bond donors (Lipinski definition) is 1. The van der Waals surface area contributed by atoms with Crippen LogP contribution in [-0.4, -0.2) is 5.91 Å². The number of carbonyl (C=O) groups excluding carboxylic acids is 1. The van der Waals surface area contributed by atoms with Crippen molar-refractivity contribution >= 4 is 11.6 Å². The Morgan fingerprint density at radius 1 is 1.38 bits per heavy atom. The second kappa shape index (κ2) is 1.95. The van der Waals surface area contributed by atoms with Gasteiger partial charge in [-0.25, -0.2) is 0 Å². The average molecular weight is 173 g/mol. The molecule has 2 heteroatoms. The van der Waals surface area contributed by atoms with Gasteiger partial charge in [-0.05, 0) is 37.0 Å². The van der Waals surface area contributed by atoms with Crippen molar-refractivity contribution < 1.29 is 4.79 Å². The molecule has 0 atom stereocenters. The lowest BCUT2D eigenvalue weighted by atomic mass is 9.97. The maximum Gasteiger partial charge on any atom is 0.235 e. The predicted octanol–water partition coefficient (Wildman–Crippen LogP) is 1.98. The van der Waals surface area contributed by atoms with E-state index in [1.54, 1.807) is 0 Å². The molecule has 3 rings (SSSR count). The third kappa shape index (κ3) is 0.755. The lowest BCUT2D eigenvalue weighted by Crippen LogP contribution is -2.18. The van der Waals surface area contributed by atoms with E-state index in [0.717, 1.165) is 18.5 Å². The van der Waals surface area contributed by atoms with E-state index < -0.39 is 0 Å². The van der Waals surface area contributed by atoms with E-state index >= 15 is 0 Å². The molecule has 1 aliphatic carbocycles. The first kappa shape index (κ1) is 7.13. The molecule has 0 saturated heterocycles. The summed E-state index contributed by atoms with van der Waals surface area (Å²) in [7, 11) is 0. The summed E-state index contributed by atoms with van der Waals surface area (Å²) in [4.78, 5) is 11.6. The Bertz CT molecular complexity index is 405. The second-order valence-electron chi connectivity index (χ2n) is 4.09. The van der Waals surface area contributed by atoms with Crippen LogP contribution in [0, 0.1) is 6.92 Å². The molecule has 1 amide bonds. The monoisotopic (exact) mass is 173 g/mol. The minimum atomic E-state index is -0.122. The van der Waals surface area contributed by atoms with Gasteiger partial charge in [0.2, 0.25) is 5.91 Å². The average Bonchev–Trinajstić information content (AvgIpc) is 2.80. The van der Waals surface area contributed by atoms with Gasteiger partial charge in [-0.3, -0.25) is 4.79 Å². The standard InChI is InChI=1S/C11H11NO/c1-7-2-3-8-9(6-7)12-10(13)11(8)4-5-11/h2-3,6H,4-5H2,1H3,(H,12,13). The van der Waals surface area contributed by atoms with E-state index in [-0.39, 0.29) is 11.3 Å². The van der Waals surface area contributed by atoms with Gasteiger partial charge in [0, 0.05) is 5.69 Å². The van der Waals surface area contributed by atoms with Gasteiger partial charge < -0.3 is 5.32 Å². The van der Waals surface area contributed by atoms with Crippen molar-refractivity contribution in [2.24, 2.45) is 0 Å². The molecule has 0 bridgehead atoms. The van der Waals surface area contributed by atoms with Crippen LogP contribution in [0.15, 0.2) is 18.2 Å². The molecule has 1 aliphatic heterocycles. The van der Waals surface area contributed by atoms with E-state index in [2.05, 4.69) is 23.5 Å². The molecule has 1 fully saturated rings. The van der Waals surface area contributed by atoms with Crippen LogP contribution in [0.4, 0.5) is 5.69 Å². The second-order valence-corrected chi connectivity index (χ2v) is 4.09. The number of aryl methyl sites for hydroxylation is 1. The number of fused-ring (bicyclic) bond motifs is 2. The van der Waals surface area contributed by atoms with Crippen molar-refractivity contribution in [3.63, 3.8) is 0 Å². The number of carbonyl (C=O) groups is 1. The SMILES string of the molecule is Cc1ccc2c(c1)NC(=O)C21CC1. The summed E-state index contributed by atoms with van der Waals surface area (Å²) in [5.41, 5.74) is 3.32. The number of nitrogens with one attached hydrogen (secondary N) is 1. The largest absolute Gasteiger partial charge is 0.325 e. The first-order valence-corrected chi connectivity index (χ1v) is 4.65. The van der Waals surface area contributed by atoms with Crippen molar-refractivity contribution in [3.8, 4) is 0 Å². The maximum absolute atomic E-state index is 11.6. The Morgan fingerprint density at radius 2 is 2.15 bits per heavy atom. The lowest BCUT2D eigenvalue weighted by molar-refractivity contribution is -0.117. The van der Waals surface area contributed by atoms with E-state index in [9.17, 15) is 4.79 Å². The number of rotatable bonds is 0. The number of amides is 1. The van der Waals surface area contributed by atoms with Crippen LogP contribution in [0.1, 0.15) is 24.0 Å². The molecule has 1 aromatic rings. The molecule has 13 heavy (non-hydrogen) atoms. The van der Waals surface area contributed by atoms with Gasteiger partial charge in [0.25, 0.3) is 0 Å². The first-order chi connectivity index (χ1) is 6.22. The third-order valence-electron chi connectivity index (χ3n) is 3.12. The zero-order chi connectivity index (χ0) is 9.05. The Hall–Kier alpha value is -1.31. The number of hydrogen-bond acceptors (Lipinski definition) is 1. The number of benzene rings is 1. The molecular formula is C11H11NO. The molecule has 2 nitrogen and oxygen atoms in total. The summed E-state index contributed by atoms with van der Waals surface area (Å²) >= 11 is 0. The molecule has 1 heterocycles. The van der Waals surface area contributed by atoms with Crippen LogP contribution in [0.25, 0.3) is 0 Å². The van der Waals surface area contributed by atoms with Gasteiger partial charge in [-0.15, -0.1) is 0 Å². The quantitative estimate of drug-likeness (QED) is 0.638. The molecule has 0 unspecified atom stereocenters. The fourth-order valence-electron chi connectivity index (χ4n) is 2.16. The highest BCUT2D eigenvalue weighted by Gasteiger charge is 2.55. The molecule has 66 valence electrons. The first-order valence-electron chi connectivity index (χ1n) is 4.65. The molecule has 2 aliphatic rings. The van der Waals surface area contributed by atoms with Crippen molar-refractivity contribution in [2.75, 3.05) is 5.32 Å². The lowest BCUT2D eigenvalue weighted by Gasteiger charge is -2.03. The topological polar surface area (TPSA) is 29.1 Å². The van der Waals surface area contributed by atoms with Crippen LogP contribution in [0.5, 0.6) is 0 Å². The van der Waals surface area contributed by atoms with Gasteiger partial charge in [-0.2, -0.15) is 0 Å². The molecular weight excluding hydrogens is 162 g/mol. The predicted molar refractivity (Wildman–Crippen MR) is 50.7 cm³/mol. The molecule has 1 spiro atoms. The van der Waals surface area contributed by atoms with Gasteiger partial charge in [-0.1, -0.05) is 12.1 Å². The van der Waals surface area contributed by atoms with Crippen molar-refractivity contribution in [3.05, 3.63) is 29.3 Å². The highest BCUT2D eigenvalue weighted by atomic mass is 16.2. The highest BCUT2D eigenvalue weighted by Crippen LogP contribution is 2.55. The molecule has 1 N–H and O–H groups in total. The van der Waals surface area contributed by atoms with E-state index in [1.165, 1.54) is 11.1 Å². The van der Waals surface area contributed by atoms with Gasteiger partial charge in [0.05, 0.1) is 5.41 Å². The minimum absolute atomic E-state index is 0.122. The van der Waals surface area contributed by atoms with Crippen LogP contribution < -0.4 is 5.32 Å². The Kier molecular flexibility index (Phi) is 1.07. The van der Waals surface area contributed by atoms with Crippen LogP contribution in [-0.2, 0) is 10.2 Å². The molecule has 1 saturated carbocycles. The zero-order valence-corrected chi connectivity index (χ0v) is 7.55. The van der Waals surface area contributed by atoms with Crippen molar-refractivity contribution in [1.29, 1.82) is 0 Å². The van der Waals surface area contributed by atoms with Crippen LogP contribution in [0.3, 0.4) is 0 Å². The van der Waals surface area contributed by atoms with Crippen molar-refractivity contribution in [1.82, 2.24) is 0 Å². The normalized spacial score (nSPS) is 21.5. The Balaban J connectivity index is 2.22. The summed E-state index contributed by atoms with van der Waals surface area (Å²) < 4.78 is 0. The molecule has 0 aromatic heterocycles. The fourth-order valence-corrected chi connectivity index (χ4v) is 2.16. The van der Waals surface area contributed by atoms with Crippen LogP contribution >= 0.6 is 0 Å². The van der Waals surface area contributed by atoms with Crippen molar-refractivity contribution in [2.45, 2.75) is 25.2 Å². The third-order valence-corrected chi connectivity index (χ3v) is 3.12. The Labute approximate surface area is 77.0 Å². The number of anilines is 1. The highest BCUT2D eigenvalue weighted by molar-refractivity contribution is 6.08. The summed E-state index contributed by atoms with van der Waals surface area (Å²) in [6, 6.07) is 6.23. The molecule has 0 radical (unpaired) electrons. The maximum atomic E-state index is 11.6. The van der Waals surface area contributed by atoms with E-state index in [4.69, 9.17) is 0 Å². The Morgan fingerprint density at radius 3 is 2.85 bits per heavy atom. The summed E-state index contributed by atoms with van der Waals surface area (Å²) in [5, 5.41) is 2.95. The summed E-state index contributed by atoms with van der Waals surface area (Å²) in [6.07, 6.45) is 2.05. The fraction of sp³-hybridized carbons (Fsp3) is 0.364. The van der Waals surface area contributed by atoms with Gasteiger partial charge >= 0.3 is 0 Å². The van der Waals surface area contributed by atoms with Gasteiger partial charge in [0.1, 0.15) is 0 Å². The van der Waals surface area contributed by atoms with E-state index in [1.807, 2.05) is 6.92 Å². The van der Waals surface area contributed by atoms with Gasteiger partial charge in [0.15, 0.2) is 0 Å². The summed E-state index contributed by atoms with van der Waals surface area (Å²) in [5.74, 6) is 0.202. The molecule has 1 aromatic carbocycles. The van der Waals surface area contributed by atoms with Crippen LogP contribution in [0.2, 0.25) is 0 Å². The smallest absolute Gasteiger partial charge is 0.235 e. The zero-order valence-electron chi connectivity index (χ0n) is 7.55. The van der Waals surface area contributed by atoms with E-state index in [0.29, 0.717) is 0 Å². The minimum Gasteiger partial charge on any atom is -0.325 e.